The Hall–Kier alpha value is -0.370. The molecule has 2 aliphatic rings. The molecule has 2 atom stereocenters. The van der Waals surface area contributed by atoms with E-state index < -0.39 is 15.9 Å². The molecule has 0 unspecified atom stereocenters. The number of likely N-dealkylation sites (N-methyl/N-ethyl adjacent to an activating group) is 1. The molecule has 0 spiro atoms. The predicted octanol–water partition coefficient (Wildman–Crippen LogP) is 2.05. The molecule has 1 aromatic carbocycles. The number of aliphatic hydroxyl groups excluding tert-OH is 1. The van der Waals surface area contributed by atoms with Crippen LogP contribution in [0.2, 0.25) is 10.0 Å². The summed E-state index contributed by atoms with van der Waals surface area (Å²) in [6, 6.07) is 5.23. The summed E-state index contributed by atoms with van der Waals surface area (Å²) in [5, 5.41) is 11.6. The van der Waals surface area contributed by atoms with Gasteiger partial charge in [0.15, 0.2) is 9.84 Å². The molecule has 1 saturated carbocycles. The van der Waals surface area contributed by atoms with Crippen molar-refractivity contribution in [3.05, 3.63) is 33.8 Å². The molecule has 8 heteroatoms. The van der Waals surface area contributed by atoms with E-state index in [-0.39, 0.29) is 23.0 Å². The van der Waals surface area contributed by atoms with Crippen LogP contribution in [0.4, 0.5) is 0 Å². The third-order valence-corrected chi connectivity index (χ3v) is 7.71. The van der Waals surface area contributed by atoms with Gasteiger partial charge < -0.3 is 10.0 Å². The van der Waals surface area contributed by atoms with Crippen LogP contribution in [0.1, 0.15) is 18.4 Å². The number of sulfone groups is 1. The zero-order valence-corrected chi connectivity index (χ0v) is 17.5. The maximum absolute atomic E-state index is 12.0. The fourth-order valence-electron chi connectivity index (χ4n) is 3.82. The third-order valence-electron chi connectivity index (χ3n) is 5.46. The first kappa shape index (κ1) is 20.4. The van der Waals surface area contributed by atoms with E-state index in [1.807, 2.05) is 26.2 Å². The minimum atomic E-state index is -3.19. The van der Waals surface area contributed by atoms with Crippen LogP contribution in [-0.2, 0) is 15.3 Å². The number of halogens is 2. The van der Waals surface area contributed by atoms with E-state index in [2.05, 4.69) is 9.80 Å². The fourth-order valence-corrected chi connectivity index (χ4v) is 6.26. The molecule has 0 amide bonds. The maximum atomic E-state index is 12.0. The summed E-state index contributed by atoms with van der Waals surface area (Å²) >= 11 is 12.5. The van der Waals surface area contributed by atoms with Crippen LogP contribution >= 0.6 is 23.2 Å². The maximum Gasteiger partial charge on any atom is 0.154 e. The molecular formula is C18H26Cl2N2O3S. The van der Waals surface area contributed by atoms with Gasteiger partial charge in [-0.05, 0) is 44.6 Å². The lowest BCUT2D eigenvalue weighted by Gasteiger charge is -2.34. The Balaban J connectivity index is 1.83. The highest BCUT2D eigenvalue weighted by molar-refractivity contribution is 7.91. The zero-order chi connectivity index (χ0) is 19.1. The summed E-state index contributed by atoms with van der Waals surface area (Å²) in [7, 11) is 0.787. The minimum Gasteiger partial charge on any atom is -0.390 e. The second-order valence-electron chi connectivity index (χ2n) is 7.89. The summed E-state index contributed by atoms with van der Waals surface area (Å²) in [6.07, 6.45) is 1.17. The van der Waals surface area contributed by atoms with Crippen molar-refractivity contribution in [2.75, 3.05) is 45.2 Å². The van der Waals surface area contributed by atoms with Gasteiger partial charge in [0.1, 0.15) is 0 Å². The van der Waals surface area contributed by atoms with Crippen molar-refractivity contribution in [1.82, 2.24) is 9.80 Å². The average molecular weight is 421 g/mol. The van der Waals surface area contributed by atoms with Crippen molar-refractivity contribution in [2.45, 2.75) is 30.4 Å². The van der Waals surface area contributed by atoms with Crippen LogP contribution in [0.15, 0.2) is 18.2 Å². The summed E-state index contributed by atoms with van der Waals surface area (Å²) < 4.78 is 24.0. The van der Waals surface area contributed by atoms with Crippen molar-refractivity contribution in [2.24, 2.45) is 0 Å². The molecule has 1 aliphatic heterocycles. The molecule has 0 bridgehead atoms. The Morgan fingerprint density at radius 2 is 1.88 bits per heavy atom. The van der Waals surface area contributed by atoms with Crippen molar-refractivity contribution in [3.8, 4) is 0 Å². The number of nitrogens with zero attached hydrogens (tertiary/aromatic N) is 2. The van der Waals surface area contributed by atoms with Crippen molar-refractivity contribution in [3.63, 3.8) is 0 Å². The first-order valence-electron chi connectivity index (χ1n) is 8.85. The second kappa shape index (κ2) is 7.57. The molecule has 1 heterocycles. The van der Waals surface area contributed by atoms with E-state index in [1.54, 1.807) is 6.07 Å². The van der Waals surface area contributed by atoms with Gasteiger partial charge in [-0.15, -0.1) is 0 Å². The number of benzene rings is 1. The van der Waals surface area contributed by atoms with E-state index >= 15 is 0 Å². The molecule has 0 radical (unpaired) electrons. The molecule has 5 nitrogen and oxygen atoms in total. The normalized spacial score (nSPS) is 26.6. The smallest absolute Gasteiger partial charge is 0.154 e. The van der Waals surface area contributed by atoms with Crippen LogP contribution < -0.4 is 0 Å². The van der Waals surface area contributed by atoms with Gasteiger partial charge in [0.2, 0.25) is 0 Å². The second-order valence-corrected chi connectivity index (χ2v) is 10.9. The number of rotatable bonds is 7. The summed E-state index contributed by atoms with van der Waals surface area (Å²) in [6.45, 7) is 2.20. The number of hydrogen-bond acceptors (Lipinski definition) is 5. The first-order chi connectivity index (χ1) is 12.1. The van der Waals surface area contributed by atoms with E-state index in [9.17, 15) is 13.5 Å². The molecule has 3 rings (SSSR count). The molecule has 1 aromatic rings. The quantitative estimate of drug-likeness (QED) is 0.730. The lowest BCUT2D eigenvalue weighted by atomic mass is 9.94. The van der Waals surface area contributed by atoms with Crippen molar-refractivity contribution >= 4 is 33.0 Å². The largest absolute Gasteiger partial charge is 0.390 e. The van der Waals surface area contributed by atoms with Gasteiger partial charge in [-0.2, -0.15) is 0 Å². The van der Waals surface area contributed by atoms with Gasteiger partial charge in [0.25, 0.3) is 0 Å². The highest BCUT2D eigenvalue weighted by atomic mass is 35.5. The lowest BCUT2D eigenvalue weighted by molar-refractivity contribution is 0.0720. The Bertz CT molecular complexity index is 766. The van der Waals surface area contributed by atoms with Gasteiger partial charge >= 0.3 is 0 Å². The topological polar surface area (TPSA) is 60.9 Å². The summed E-state index contributed by atoms with van der Waals surface area (Å²) in [5.41, 5.74) is 0.980. The SMILES string of the molecule is CN(C)CCN(CC1(c2ccc(Cl)cc2Cl)CC1)[C@@H]1CS(=O)(=O)C[C@@H]1O. The molecule has 0 aromatic heterocycles. The predicted molar refractivity (Wildman–Crippen MR) is 106 cm³/mol. The van der Waals surface area contributed by atoms with E-state index in [0.717, 1.165) is 24.9 Å². The number of hydrogen-bond donors (Lipinski definition) is 1. The van der Waals surface area contributed by atoms with Crippen LogP contribution in [0.5, 0.6) is 0 Å². The molecule has 146 valence electrons. The lowest BCUT2D eigenvalue weighted by Crippen LogP contribution is -2.49. The van der Waals surface area contributed by atoms with Crippen molar-refractivity contribution < 1.29 is 13.5 Å². The molecule has 1 N–H and O–H groups in total. The standard InChI is InChI=1S/C18H26Cl2N2O3S/c1-21(2)7-8-22(16-10-26(24,25)11-17(16)23)12-18(5-6-18)14-4-3-13(19)9-15(14)20/h3-4,9,16-17,23H,5-8,10-12H2,1-2H3/t16-,17+/m1/s1. The number of aliphatic hydroxyl groups is 1. The van der Waals surface area contributed by atoms with Crippen LogP contribution in [0, 0.1) is 0 Å². The molecule has 1 aliphatic carbocycles. The van der Waals surface area contributed by atoms with Crippen LogP contribution in [0.3, 0.4) is 0 Å². The Labute approximate surface area is 165 Å². The Morgan fingerprint density at radius 3 is 2.38 bits per heavy atom. The minimum absolute atomic E-state index is 0.0199. The van der Waals surface area contributed by atoms with E-state index in [4.69, 9.17) is 23.2 Å². The van der Waals surface area contributed by atoms with Gasteiger partial charge in [-0.3, -0.25) is 4.90 Å². The highest BCUT2D eigenvalue weighted by Crippen LogP contribution is 2.51. The average Bonchev–Trinajstić information content (AvgIpc) is 3.23. The zero-order valence-electron chi connectivity index (χ0n) is 15.2. The fraction of sp³-hybridized carbons (Fsp3) is 0.667. The Kier molecular flexibility index (Phi) is 5.93. The summed E-state index contributed by atoms with van der Waals surface area (Å²) in [4.78, 5) is 4.21. The van der Waals surface area contributed by atoms with Gasteiger partial charge in [-0.25, -0.2) is 8.42 Å². The first-order valence-corrected chi connectivity index (χ1v) is 11.4. The van der Waals surface area contributed by atoms with Gasteiger partial charge in [0, 0.05) is 35.1 Å². The van der Waals surface area contributed by atoms with Gasteiger partial charge in [0.05, 0.1) is 23.7 Å². The molecular weight excluding hydrogens is 395 g/mol. The van der Waals surface area contributed by atoms with E-state index in [0.29, 0.717) is 23.1 Å². The molecule has 1 saturated heterocycles. The van der Waals surface area contributed by atoms with Crippen molar-refractivity contribution in [1.29, 1.82) is 0 Å². The highest BCUT2D eigenvalue weighted by Gasteiger charge is 2.49. The molecule has 26 heavy (non-hydrogen) atoms. The summed E-state index contributed by atoms with van der Waals surface area (Å²) in [5.74, 6) is -0.128. The van der Waals surface area contributed by atoms with Crippen LogP contribution in [0.25, 0.3) is 0 Å². The Morgan fingerprint density at radius 1 is 1.19 bits per heavy atom. The van der Waals surface area contributed by atoms with Gasteiger partial charge in [-0.1, -0.05) is 29.3 Å². The third kappa shape index (κ3) is 4.54. The monoisotopic (exact) mass is 420 g/mol. The van der Waals surface area contributed by atoms with Crippen LogP contribution in [-0.4, -0.2) is 80.7 Å². The molecule has 2 fully saturated rings. The van der Waals surface area contributed by atoms with E-state index in [1.165, 1.54) is 0 Å².